The molecule has 0 heterocycles. The Balaban J connectivity index is 1.98. The fourth-order valence-corrected chi connectivity index (χ4v) is 3.49. The van der Waals surface area contributed by atoms with Gasteiger partial charge in [0.1, 0.15) is 0 Å². The Morgan fingerprint density at radius 1 is 1.19 bits per heavy atom. The normalized spacial score (nSPS) is 26.5. The molecule has 1 N–H and O–H groups in total. The molecule has 2 heteroatoms. The van der Waals surface area contributed by atoms with Crippen molar-refractivity contribution in [1.29, 1.82) is 0 Å². The van der Waals surface area contributed by atoms with Crippen LogP contribution in [-0.2, 0) is 6.54 Å². The Morgan fingerprint density at radius 2 is 1.90 bits per heavy atom. The predicted molar refractivity (Wildman–Crippen MR) is 89.1 cm³/mol. The summed E-state index contributed by atoms with van der Waals surface area (Å²) < 4.78 is 0. The lowest BCUT2D eigenvalue weighted by molar-refractivity contribution is 0.0191. The van der Waals surface area contributed by atoms with Crippen LogP contribution in [0.5, 0.6) is 0 Å². The molecule has 2 rings (SSSR count). The molecular formula is C19H31NO. The average Bonchev–Trinajstić information content (AvgIpc) is 2.49. The highest BCUT2D eigenvalue weighted by Gasteiger charge is 2.30. The highest BCUT2D eigenvalue weighted by atomic mass is 16.3. The molecule has 0 spiro atoms. The molecule has 0 aliphatic heterocycles. The van der Waals surface area contributed by atoms with Gasteiger partial charge < -0.3 is 5.11 Å². The van der Waals surface area contributed by atoms with Crippen molar-refractivity contribution in [2.24, 2.45) is 11.8 Å². The molecule has 3 atom stereocenters. The Labute approximate surface area is 130 Å². The second-order valence-electron chi connectivity index (χ2n) is 6.92. The van der Waals surface area contributed by atoms with Crippen LogP contribution < -0.4 is 0 Å². The van der Waals surface area contributed by atoms with Gasteiger partial charge in [-0.3, -0.25) is 4.90 Å². The average molecular weight is 289 g/mol. The number of hydrogen-bond acceptors (Lipinski definition) is 2. The van der Waals surface area contributed by atoms with Gasteiger partial charge in [-0.1, -0.05) is 43.7 Å². The molecule has 0 radical (unpaired) electrons. The van der Waals surface area contributed by atoms with Crippen molar-refractivity contribution >= 4 is 0 Å². The standard InChI is InChI=1S/C19H31NO/c1-4-16-10-11-19(21)18(12-16)14-20(15(2)3)13-17-8-6-5-7-9-17/h5-9,15-16,18-19,21H,4,10-14H2,1-3H3. The van der Waals surface area contributed by atoms with Gasteiger partial charge >= 0.3 is 0 Å². The second kappa shape index (κ2) is 7.95. The molecule has 1 aliphatic rings. The number of rotatable bonds is 6. The predicted octanol–water partition coefficient (Wildman–Crippen LogP) is 4.08. The second-order valence-corrected chi connectivity index (χ2v) is 6.92. The minimum atomic E-state index is -0.107. The molecule has 0 saturated heterocycles. The summed E-state index contributed by atoms with van der Waals surface area (Å²) in [6, 6.07) is 11.2. The topological polar surface area (TPSA) is 23.5 Å². The van der Waals surface area contributed by atoms with Gasteiger partial charge in [-0.2, -0.15) is 0 Å². The van der Waals surface area contributed by atoms with Gasteiger partial charge in [0.25, 0.3) is 0 Å². The number of benzene rings is 1. The van der Waals surface area contributed by atoms with Crippen molar-refractivity contribution in [3.63, 3.8) is 0 Å². The molecule has 21 heavy (non-hydrogen) atoms. The van der Waals surface area contributed by atoms with E-state index in [4.69, 9.17) is 0 Å². The Bertz CT molecular complexity index is 403. The van der Waals surface area contributed by atoms with Crippen molar-refractivity contribution in [1.82, 2.24) is 4.90 Å². The quantitative estimate of drug-likeness (QED) is 0.853. The van der Waals surface area contributed by atoms with Crippen LogP contribution >= 0.6 is 0 Å². The van der Waals surface area contributed by atoms with Crippen molar-refractivity contribution in [3.8, 4) is 0 Å². The molecule has 1 aromatic carbocycles. The third-order valence-corrected chi connectivity index (χ3v) is 5.06. The first-order valence-corrected chi connectivity index (χ1v) is 8.56. The van der Waals surface area contributed by atoms with E-state index < -0.39 is 0 Å². The van der Waals surface area contributed by atoms with Crippen LogP contribution in [0.25, 0.3) is 0 Å². The van der Waals surface area contributed by atoms with Crippen LogP contribution in [0.15, 0.2) is 30.3 Å². The van der Waals surface area contributed by atoms with Gasteiger partial charge in [0.15, 0.2) is 0 Å². The largest absolute Gasteiger partial charge is 0.393 e. The minimum absolute atomic E-state index is 0.107. The molecule has 0 amide bonds. The Hall–Kier alpha value is -0.860. The molecule has 0 aromatic heterocycles. The highest BCUT2D eigenvalue weighted by Crippen LogP contribution is 2.32. The lowest BCUT2D eigenvalue weighted by atomic mass is 9.78. The van der Waals surface area contributed by atoms with Crippen LogP contribution in [0.1, 0.15) is 52.0 Å². The van der Waals surface area contributed by atoms with Crippen LogP contribution in [-0.4, -0.2) is 28.7 Å². The Kier molecular flexibility index (Phi) is 6.25. The summed E-state index contributed by atoms with van der Waals surface area (Å²) in [5.41, 5.74) is 1.36. The van der Waals surface area contributed by atoms with Gasteiger partial charge in [-0.25, -0.2) is 0 Å². The van der Waals surface area contributed by atoms with Gasteiger partial charge in [0, 0.05) is 19.1 Å². The van der Waals surface area contributed by atoms with Gasteiger partial charge in [0.05, 0.1) is 6.10 Å². The third-order valence-electron chi connectivity index (χ3n) is 5.06. The molecule has 0 bridgehead atoms. The fourth-order valence-electron chi connectivity index (χ4n) is 3.49. The summed E-state index contributed by atoms with van der Waals surface area (Å²) >= 11 is 0. The number of aliphatic hydroxyl groups is 1. The van der Waals surface area contributed by atoms with Crippen LogP contribution in [0.4, 0.5) is 0 Å². The molecule has 118 valence electrons. The zero-order chi connectivity index (χ0) is 15.2. The summed E-state index contributed by atoms with van der Waals surface area (Å²) in [5.74, 6) is 1.25. The molecular weight excluding hydrogens is 258 g/mol. The van der Waals surface area contributed by atoms with E-state index in [2.05, 4.69) is 56.0 Å². The van der Waals surface area contributed by atoms with E-state index >= 15 is 0 Å². The van der Waals surface area contributed by atoms with E-state index in [0.717, 1.165) is 25.4 Å². The van der Waals surface area contributed by atoms with Crippen LogP contribution in [0.2, 0.25) is 0 Å². The first-order valence-electron chi connectivity index (χ1n) is 8.56. The van der Waals surface area contributed by atoms with Crippen molar-refractivity contribution in [2.45, 2.75) is 65.1 Å². The summed E-state index contributed by atoms with van der Waals surface area (Å²) in [7, 11) is 0. The van der Waals surface area contributed by atoms with Crippen molar-refractivity contribution in [2.75, 3.05) is 6.54 Å². The molecule has 1 aromatic rings. The van der Waals surface area contributed by atoms with E-state index in [1.165, 1.54) is 24.8 Å². The van der Waals surface area contributed by atoms with E-state index in [1.54, 1.807) is 0 Å². The molecule has 1 saturated carbocycles. The molecule has 2 nitrogen and oxygen atoms in total. The first-order chi connectivity index (χ1) is 10.1. The van der Waals surface area contributed by atoms with E-state index in [1.807, 2.05) is 0 Å². The summed E-state index contributed by atoms with van der Waals surface area (Å²) in [5, 5.41) is 10.4. The number of hydrogen-bond donors (Lipinski definition) is 1. The highest BCUT2D eigenvalue weighted by molar-refractivity contribution is 5.14. The van der Waals surface area contributed by atoms with Crippen molar-refractivity contribution < 1.29 is 5.11 Å². The van der Waals surface area contributed by atoms with E-state index in [0.29, 0.717) is 12.0 Å². The smallest absolute Gasteiger partial charge is 0.0580 e. The fraction of sp³-hybridized carbons (Fsp3) is 0.684. The monoisotopic (exact) mass is 289 g/mol. The maximum absolute atomic E-state index is 10.4. The SMILES string of the molecule is CCC1CCC(O)C(CN(Cc2ccccc2)C(C)C)C1. The zero-order valence-corrected chi connectivity index (χ0v) is 13.8. The maximum Gasteiger partial charge on any atom is 0.0580 e. The molecule has 1 aliphatic carbocycles. The Morgan fingerprint density at radius 3 is 2.52 bits per heavy atom. The summed E-state index contributed by atoms with van der Waals surface area (Å²) in [6.07, 6.45) is 4.53. The lowest BCUT2D eigenvalue weighted by Gasteiger charge is -2.38. The lowest BCUT2D eigenvalue weighted by Crippen LogP contribution is -2.41. The van der Waals surface area contributed by atoms with Crippen LogP contribution in [0, 0.1) is 11.8 Å². The third kappa shape index (κ3) is 4.82. The van der Waals surface area contributed by atoms with Crippen molar-refractivity contribution in [3.05, 3.63) is 35.9 Å². The summed E-state index contributed by atoms with van der Waals surface area (Å²) in [6.45, 7) is 8.80. The maximum atomic E-state index is 10.4. The van der Waals surface area contributed by atoms with Crippen LogP contribution in [0.3, 0.4) is 0 Å². The van der Waals surface area contributed by atoms with E-state index in [-0.39, 0.29) is 6.10 Å². The van der Waals surface area contributed by atoms with E-state index in [9.17, 15) is 5.11 Å². The number of aliphatic hydroxyl groups excluding tert-OH is 1. The summed E-state index contributed by atoms with van der Waals surface area (Å²) in [4.78, 5) is 2.52. The zero-order valence-electron chi connectivity index (χ0n) is 13.8. The first kappa shape index (κ1) is 16.5. The molecule has 3 unspecified atom stereocenters. The minimum Gasteiger partial charge on any atom is -0.393 e. The number of nitrogens with zero attached hydrogens (tertiary/aromatic N) is 1. The molecule has 1 fully saturated rings. The van der Waals surface area contributed by atoms with Gasteiger partial charge in [0.2, 0.25) is 0 Å². The van der Waals surface area contributed by atoms with Gasteiger partial charge in [-0.05, 0) is 50.5 Å². The van der Waals surface area contributed by atoms with Gasteiger partial charge in [-0.15, -0.1) is 0 Å².